The number of aryl methyl sites for hydroxylation is 1. The van der Waals surface area contributed by atoms with Crippen molar-refractivity contribution in [1.29, 1.82) is 0 Å². The van der Waals surface area contributed by atoms with E-state index in [1.54, 1.807) is 6.07 Å². The number of ether oxygens (including phenoxy) is 1. The van der Waals surface area contributed by atoms with E-state index in [1.807, 2.05) is 25.3 Å². The second kappa shape index (κ2) is 9.61. The van der Waals surface area contributed by atoms with Crippen molar-refractivity contribution in [2.45, 2.75) is 65.4 Å². The molecule has 0 amide bonds. The first-order chi connectivity index (χ1) is 17.5. The maximum Gasteiger partial charge on any atom is 0.204 e. The largest absolute Gasteiger partial charge is 0.493 e. The predicted octanol–water partition coefficient (Wildman–Crippen LogP) is 5.58. The monoisotopic (exact) mass is 521 g/mol. The highest BCUT2D eigenvalue weighted by Gasteiger charge is 2.37. The van der Waals surface area contributed by atoms with E-state index in [4.69, 9.17) is 19.1 Å². The van der Waals surface area contributed by atoms with Crippen molar-refractivity contribution in [3.05, 3.63) is 76.8 Å². The lowest BCUT2D eigenvalue weighted by Crippen LogP contribution is -2.42. The van der Waals surface area contributed by atoms with E-state index in [1.165, 1.54) is 6.07 Å². The van der Waals surface area contributed by atoms with Gasteiger partial charge in [0.05, 0.1) is 36.8 Å². The molecule has 1 N–H and O–H groups in total. The number of hydrogen-bond acceptors (Lipinski definition) is 5. The molecule has 9 heteroatoms. The van der Waals surface area contributed by atoms with E-state index in [-0.39, 0.29) is 17.4 Å². The minimum absolute atomic E-state index is 0.125. The summed E-state index contributed by atoms with van der Waals surface area (Å²) in [4.78, 5) is 13.9. The van der Waals surface area contributed by atoms with Crippen LogP contribution in [-0.4, -0.2) is 37.4 Å². The summed E-state index contributed by atoms with van der Waals surface area (Å²) in [5.41, 5.74) is 5.45. The lowest BCUT2D eigenvalue weighted by molar-refractivity contribution is 0.272. The van der Waals surface area contributed by atoms with Crippen LogP contribution in [0.1, 0.15) is 43.3 Å². The van der Waals surface area contributed by atoms with Gasteiger partial charge in [0.1, 0.15) is 18.2 Å². The van der Waals surface area contributed by atoms with Crippen LogP contribution >= 0.6 is 0 Å². The fourth-order valence-electron chi connectivity index (χ4n) is 4.46. The highest BCUT2D eigenvalue weighted by molar-refractivity contribution is 6.74. The third kappa shape index (κ3) is 5.02. The normalized spacial score (nSPS) is 18.0. The SMILES string of the molecule is Cc1ccc(N2C=C3C=CNC(=NCc4c(F)ccc5c4CCO5)N3C2)c(CO[Si](C)(C)C(C)(C)C)n1. The smallest absolute Gasteiger partial charge is 0.204 e. The number of nitrogens with zero attached hydrogens (tertiary/aromatic N) is 4. The molecule has 0 saturated carbocycles. The van der Waals surface area contributed by atoms with Crippen LogP contribution in [0, 0.1) is 12.7 Å². The summed E-state index contributed by atoms with van der Waals surface area (Å²) in [6, 6.07) is 7.31. The van der Waals surface area contributed by atoms with E-state index in [9.17, 15) is 4.39 Å². The molecule has 0 radical (unpaired) electrons. The van der Waals surface area contributed by atoms with Crippen molar-refractivity contribution in [2.75, 3.05) is 18.2 Å². The number of nitrogens with one attached hydrogen (secondary N) is 1. The number of aliphatic imine (C=N–C) groups is 1. The van der Waals surface area contributed by atoms with Gasteiger partial charge < -0.3 is 19.4 Å². The summed E-state index contributed by atoms with van der Waals surface area (Å²) >= 11 is 0. The Morgan fingerprint density at radius 3 is 2.81 bits per heavy atom. The Kier molecular flexibility index (Phi) is 6.62. The Bertz CT molecular complexity index is 1300. The van der Waals surface area contributed by atoms with Crippen molar-refractivity contribution < 1.29 is 13.6 Å². The number of anilines is 1. The number of allylic oxidation sites excluding steroid dienone is 1. The van der Waals surface area contributed by atoms with Crippen molar-refractivity contribution >= 4 is 20.0 Å². The second-order valence-corrected chi connectivity index (χ2v) is 16.1. The van der Waals surface area contributed by atoms with Crippen LogP contribution in [0.5, 0.6) is 5.75 Å². The van der Waals surface area contributed by atoms with Gasteiger partial charge in [-0.25, -0.2) is 9.38 Å². The molecule has 0 atom stereocenters. The van der Waals surface area contributed by atoms with E-state index in [2.05, 4.69) is 61.2 Å². The van der Waals surface area contributed by atoms with Gasteiger partial charge in [-0.05, 0) is 55.4 Å². The molecular weight excluding hydrogens is 485 g/mol. The molecule has 3 aliphatic rings. The lowest BCUT2D eigenvalue weighted by atomic mass is 10.0. The third-order valence-electron chi connectivity index (χ3n) is 7.72. The Morgan fingerprint density at radius 2 is 2.03 bits per heavy atom. The summed E-state index contributed by atoms with van der Waals surface area (Å²) in [5.74, 6) is 1.21. The molecule has 0 bridgehead atoms. The molecular formula is C28H36FN5O2Si. The van der Waals surface area contributed by atoms with Crippen LogP contribution in [0.3, 0.4) is 0 Å². The molecule has 196 valence electrons. The van der Waals surface area contributed by atoms with Gasteiger partial charge in [0.15, 0.2) is 8.32 Å². The zero-order valence-corrected chi connectivity index (χ0v) is 23.6. The minimum Gasteiger partial charge on any atom is -0.493 e. The van der Waals surface area contributed by atoms with Gasteiger partial charge >= 0.3 is 0 Å². The van der Waals surface area contributed by atoms with Gasteiger partial charge in [0.2, 0.25) is 5.96 Å². The summed E-state index contributed by atoms with van der Waals surface area (Å²) in [7, 11) is -1.93. The number of hydrogen-bond donors (Lipinski definition) is 1. The zero-order chi connectivity index (χ0) is 26.4. The maximum atomic E-state index is 14.6. The molecule has 1 aromatic heterocycles. The van der Waals surface area contributed by atoms with Crippen LogP contribution in [-0.2, 0) is 24.0 Å². The summed E-state index contributed by atoms with van der Waals surface area (Å²) < 4.78 is 26.8. The van der Waals surface area contributed by atoms with Crippen molar-refractivity contribution in [3.63, 3.8) is 0 Å². The molecule has 0 saturated heterocycles. The molecule has 0 spiro atoms. The van der Waals surface area contributed by atoms with Crippen LogP contribution in [0.2, 0.25) is 18.1 Å². The first-order valence-corrected chi connectivity index (χ1v) is 15.7. The number of halogens is 1. The summed E-state index contributed by atoms with van der Waals surface area (Å²) in [6.07, 6.45) is 6.70. The van der Waals surface area contributed by atoms with E-state index < -0.39 is 8.32 Å². The summed E-state index contributed by atoms with van der Waals surface area (Å²) in [6.45, 7) is 15.1. The number of aromatic nitrogens is 1. The maximum absolute atomic E-state index is 14.6. The van der Waals surface area contributed by atoms with Gasteiger partial charge in [-0.1, -0.05) is 20.8 Å². The third-order valence-corrected chi connectivity index (χ3v) is 12.2. The number of guanidine groups is 1. The number of benzene rings is 1. The highest BCUT2D eigenvalue weighted by Crippen LogP contribution is 2.38. The van der Waals surface area contributed by atoms with E-state index >= 15 is 0 Å². The van der Waals surface area contributed by atoms with Gasteiger partial charge in [-0.2, -0.15) is 0 Å². The average molecular weight is 522 g/mol. The quantitative estimate of drug-likeness (QED) is 0.501. The van der Waals surface area contributed by atoms with E-state index in [0.29, 0.717) is 37.8 Å². The zero-order valence-electron chi connectivity index (χ0n) is 22.6. The highest BCUT2D eigenvalue weighted by atomic mass is 28.4. The predicted molar refractivity (Wildman–Crippen MR) is 147 cm³/mol. The molecule has 1 aromatic carbocycles. The average Bonchev–Trinajstić information content (AvgIpc) is 3.49. The number of fused-ring (bicyclic) bond motifs is 2. The molecule has 3 aliphatic heterocycles. The van der Waals surface area contributed by atoms with Crippen molar-refractivity contribution in [3.8, 4) is 5.75 Å². The number of pyridine rings is 1. The Morgan fingerprint density at radius 1 is 1.22 bits per heavy atom. The van der Waals surface area contributed by atoms with Crippen LogP contribution in [0.15, 0.2) is 53.4 Å². The Balaban J connectivity index is 1.37. The molecule has 37 heavy (non-hydrogen) atoms. The molecule has 0 unspecified atom stereocenters. The molecule has 7 nitrogen and oxygen atoms in total. The van der Waals surface area contributed by atoms with E-state index in [0.717, 1.165) is 34.1 Å². The second-order valence-electron chi connectivity index (χ2n) is 11.3. The minimum atomic E-state index is -1.93. The van der Waals surface area contributed by atoms with Gasteiger partial charge in [-0.15, -0.1) is 0 Å². The first kappa shape index (κ1) is 25.5. The molecule has 4 heterocycles. The lowest BCUT2D eigenvalue weighted by Gasteiger charge is -2.36. The van der Waals surface area contributed by atoms with Crippen molar-refractivity contribution in [2.24, 2.45) is 4.99 Å². The Hall–Kier alpha value is -3.17. The molecule has 5 rings (SSSR count). The fraction of sp³-hybridized carbons (Fsp3) is 0.429. The van der Waals surface area contributed by atoms with Gasteiger partial charge in [0.25, 0.3) is 0 Å². The molecule has 0 fully saturated rings. The molecule has 0 aliphatic carbocycles. The topological polar surface area (TPSA) is 62.2 Å². The van der Waals surface area contributed by atoms with Crippen LogP contribution < -0.4 is 15.0 Å². The van der Waals surface area contributed by atoms with Gasteiger partial charge in [0, 0.05) is 35.6 Å². The molecule has 2 aromatic rings. The first-order valence-electron chi connectivity index (χ1n) is 12.8. The van der Waals surface area contributed by atoms with Gasteiger partial charge in [-0.3, -0.25) is 9.88 Å². The summed E-state index contributed by atoms with van der Waals surface area (Å²) in [5, 5.41) is 3.37. The fourth-order valence-corrected chi connectivity index (χ4v) is 5.39. The van der Waals surface area contributed by atoms with Crippen LogP contribution in [0.4, 0.5) is 10.1 Å². The van der Waals surface area contributed by atoms with Crippen LogP contribution in [0.25, 0.3) is 0 Å². The Labute approximate surface area is 219 Å². The van der Waals surface area contributed by atoms with Crippen molar-refractivity contribution in [1.82, 2.24) is 15.2 Å². The standard InChI is InChI=1S/C28H36FN5O2Si/c1-19-7-9-25(24(32-19)17-36-37(5,6)28(2,3)4)33-16-20-11-13-30-27(34(20)18-33)31-15-22-21-12-14-35-26(21)10-8-23(22)29/h7-11,13,16H,12,14-15,17-18H2,1-6H3,(H,30,31). The number of rotatable bonds is 6.